The number of nitrogens with one attached hydrogen (secondary N) is 1. The van der Waals surface area contributed by atoms with Crippen molar-refractivity contribution >= 4 is 23.1 Å². The molecule has 1 N–H and O–H groups in total. The van der Waals surface area contributed by atoms with E-state index in [0.29, 0.717) is 53.2 Å². The Labute approximate surface area is 819 Å². The van der Waals surface area contributed by atoms with Gasteiger partial charge in [0.15, 0.2) is 0 Å². The zero-order valence-corrected chi connectivity index (χ0v) is 84.7. The van der Waals surface area contributed by atoms with E-state index in [9.17, 15) is 0 Å². The molecule has 1 saturated carbocycles. The lowest BCUT2D eigenvalue weighted by Gasteiger charge is -2.20. The highest BCUT2D eigenvalue weighted by atomic mass is 35.5. The highest BCUT2D eigenvalue weighted by Crippen LogP contribution is 2.31. The van der Waals surface area contributed by atoms with Crippen molar-refractivity contribution in [2.75, 3.05) is 33.8 Å². The highest BCUT2D eigenvalue weighted by Gasteiger charge is 2.18. The molecule has 7 aromatic carbocycles. The van der Waals surface area contributed by atoms with Gasteiger partial charge >= 0.3 is 0 Å². The lowest BCUT2D eigenvalue weighted by atomic mass is 9.86. The lowest BCUT2D eigenvalue weighted by Crippen LogP contribution is -2.11. The van der Waals surface area contributed by atoms with Crippen molar-refractivity contribution in [3.05, 3.63) is 404 Å². The van der Waals surface area contributed by atoms with Crippen LogP contribution in [0.15, 0.2) is 280 Å². The van der Waals surface area contributed by atoms with E-state index in [2.05, 4.69) is 251 Å². The van der Waals surface area contributed by atoms with Crippen LogP contribution in [0.4, 0.5) is 11.5 Å². The fourth-order valence-corrected chi connectivity index (χ4v) is 14.4. The molecular weight excluding hydrogens is 1720 g/mol. The molecule has 0 radical (unpaired) electrons. The molecule has 0 saturated heterocycles. The number of rotatable bonds is 28. The molecule has 0 bridgehead atoms. The number of ether oxygens (including phenoxy) is 4. The summed E-state index contributed by atoms with van der Waals surface area (Å²) in [6.07, 6.45) is 31.2. The molecule has 1 aliphatic carbocycles. The van der Waals surface area contributed by atoms with Gasteiger partial charge in [-0.25, -0.2) is 4.98 Å². The molecule has 0 aliphatic heterocycles. The maximum Gasteiger partial charge on any atom is 0.148 e. The van der Waals surface area contributed by atoms with Crippen LogP contribution in [0, 0.1) is 5.92 Å². The maximum atomic E-state index is 6.11. The van der Waals surface area contributed by atoms with E-state index in [1.54, 1.807) is 40.8 Å². The Morgan fingerprint density at radius 3 is 0.971 bits per heavy atom. The van der Waals surface area contributed by atoms with Crippen molar-refractivity contribution < 1.29 is 18.9 Å². The number of hydrogen-bond donors (Lipinski definition) is 1. The molecule has 8 aromatic heterocycles. The Balaban J connectivity index is 0.000000175. The minimum Gasteiger partial charge on any atom is -0.496 e. The van der Waals surface area contributed by atoms with Crippen LogP contribution in [-0.4, -0.2) is 109 Å². The number of methoxy groups -OCH3 is 4. The van der Waals surface area contributed by atoms with Gasteiger partial charge in [0, 0.05) is 110 Å². The normalized spacial score (nSPS) is 11.5. The van der Waals surface area contributed by atoms with E-state index in [-0.39, 0.29) is 0 Å². The minimum atomic E-state index is 0.387. The Bertz CT molecular complexity index is 5580. The van der Waals surface area contributed by atoms with Crippen molar-refractivity contribution in [2.45, 2.75) is 235 Å². The van der Waals surface area contributed by atoms with Crippen LogP contribution in [0.25, 0.3) is 0 Å². The molecule has 0 amide bonds. The summed E-state index contributed by atoms with van der Waals surface area (Å²) < 4.78 is 21.3. The first kappa shape index (κ1) is 107. The van der Waals surface area contributed by atoms with Gasteiger partial charge in [-0.2, -0.15) is 30.6 Å². The van der Waals surface area contributed by atoms with Crippen molar-refractivity contribution in [3.8, 4) is 23.0 Å². The summed E-state index contributed by atoms with van der Waals surface area (Å²) in [4.78, 5) is 44.2. The van der Waals surface area contributed by atoms with Gasteiger partial charge < -0.3 is 24.3 Å². The molecule has 22 heteroatoms. The molecule has 716 valence electrons. The summed E-state index contributed by atoms with van der Waals surface area (Å²) in [5.74, 6) is 8.44. The van der Waals surface area contributed by atoms with Gasteiger partial charge in [-0.15, -0.1) is 0 Å². The van der Waals surface area contributed by atoms with E-state index in [1.807, 2.05) is 213 Å². The van der Waals surface area contributed by atoms with Crippen LogP contribution in [-0.2, 0) is 44.9 Å². The molecular formula is C115H140ClN17O4. The van der Waals surface area contributed by atoms with Crippen LogP contribution in [0.5, 0.6) is 23.0 Å². The second kappa shape index (κ2) is 58.0. The minimum absolute atomic E-state index is 0.387. The molecule has 1 aliphatic rings. The zero-order valence-electron chi connectivity index (χ0n) is 83.9. The first-order chi connectivity index (χ1) is 66.2. The molecule has 137 heavy (non-hydrogen) atoms. The molecule has 0 spiro atoms. The second-order valence-corrected chi connectivity index (χ2v) is 36.6. The highest BCUT2D eigenvalue weighted by molar-refractivity contribution is 6.31. The number of benzene rings is 7. The van der Waals surface area contributed by atoms with Gasteiger partial charge in [0.25, 0.3) is 0 Å². The Hall–Kier alpha value is -13.5. The van der Waals surface area contributed by atoms with Gasteiger partial charge in [0.1, 0.15) is 28.8 Å². The Morgan fingerprint density at radius 1 is 0.270 bits per heavy atom. The summed E-state index contributed by atoms with van der Waals surface area (Å²) in [6, 6.07) is 72.6. The van der Waals surface area contributed by atoms with Crippen LogP contribution in [0.3, 0.4) is 0 Å². The third-order valence-corrected chi connectivity index (χ3v) is 22.9. The fraction of sp³-hybridized carbons (Fsp3) is 0.357. The topological polar surface area (TPSA) is 255 Å². The van der Waals surface area contributed by atoms with Crippen molar-refractivity contribution in [2.24, 2.45) is 5.92 Å². The van der Waals surface area contributed by atoms with E-state index in [1.165, 1.54) is 48.9 Å². The van der Waals surface area contributed by atoms with Crippen LogP contribution in [0.1, 0.15) is 309 Å². The van der Waals surface area contributed by atoms with Crippen molar-refractivity contribution in [3.63, 3.8) is 0 Å². The van der Waals surface area contributed by atoms with Gasteiger partial charge in [-0.3, -0.25) is 44.9 Å². The number of nitrogens with zero attached hydrogens (tertiary/aromatic N) is 16. The first-order valence-electron chi connectivity index (χ1n) is 47.8. The van der Waals surface area contributed by atoms with E-state index >= 15 is 0 Å². The Morgan fingerprint density at radius 2 is 0.606 bits per heavy atom. The second-order valence-electron chi connectivity index (χ2n) is 36.2. The molecule has 8 heterocycles. The van der Waals surface area contributed by atoms with Crippen LogP contribution in [0.2, 0.25) is 5.02 Å². The smallest absolute Gasteiger partial charge is 0.148 e. The average Bonchev–Trinajstić information content (AvgIpc) is 0.849. The third-order valence-electron chi connectivity index (χ3n) is 22.6. The lowest BCUT2D eigenvalue weighted by molar-refractivity contribution is 0.353. The first-order valence-corrected chi connectivity index (χ1v) is 48.2. The summed E-state index contributed by atoms with van der Waals surface area (Å²) >= 11 is 6.11. The van der Waals surface area contributed by atoms with E-state index in [4.69, 9.17) is 30.5 Å². The standard InChI is InChI=1S/3C15H18N2O.C14H15ClN2.C14H17N3O.2C14H16N2.C14H22N2/c1-11(2)14-10-16-13(9-17-14)8-12-6-4-5-7-15(12)18-3;1-11(2)14-10-16-9-13(17-14)8-12-6-4-5-7-15(12)18-3;1-11(2)14-9-8-13(16-17-14)10-12-6-4-5-7-15(12)18-3;1-10(2)14-8-7-12(16-17-14)9-11-5-3-4-6-13(11)15;1-10(2)12-8-16-14(9-15-12)17-11-6-4-5-7-13(11)18-3;2*1-11(2)14-10-15-13(9-16-14)8-12-6-4-3-5-7-12;1-11(2)14-9-8-13(15-16-14)10-12-6-4-3-5-7-12/h2*4-7,9-11H,8H2,1-3H3;4-9,11H,10H2,1-3H3;3-8,10H,9H2,1-2H3;4-10H,1-3H3,(H,16,17);2*3-7,9-11H,8H2,1-2H3;8-9,11-12H,3-7,10H2,1-2H3. The summed E-state index contributed by atoms with van der Waals surface area (Å²) in [5, 5.41) is 29.6. The number of hydrogen-bond acceptors (Lipinski definition) is 21. The molecule has 1 fully saturated rings. The maximum absolute atomic E-state index is 6.11. The third kappa shape index (κ3) is 37.6. The van der Waals surface area contributed by atoms with Crippen molar-refractivity contribution in [1.29, 1.82) is 0 Å². The number of anilines is 2. The predicted molar refractivity (Wildman–Crippen MR) is 556 cm³/mol. The van der Waals surface area contributed by atoms with Gasteiger partial charge in [-0.1, -0.05) is 300 Å². The summed E-state index contributed by atoms with van der Waals surface area (Å²) in [6.45, 7) is 33.9. The van der Waals surface area contributed by atoms with Crippen LogP contribution < -0.4 is 24.3 Å². The van der Waals surface area contributed by atoms with E-state index in [0.717, 1.165) is 187 Å². The largest absolute Gasteiger partial charge is 0.496 e. The average molecular weight is 1860 g/mol. The van der Waals surface area contributed by atoms with Gasteiger partial charge in [0.05, 0.1) is 132 Å². The molecule has 15 aromatic rings. The Kier molecular flexibility index (Phi) is 45.4. The molecule has 0 unspecified atom stereocenters. The molecule has 21 nitrogen and oxygen atoms in total. The van der Waals surface area contributed by atoms with Crippen LogP contribution >= 0.6 is 11.6 Å². The monoisotopic (exact) mass is 1860 g/mol. The van der Waals surface area contributed by atoms with E-state index < -0.39 is 0 Å². The SMILES string of the molecule is CC(C)c1ccc(CC2CCCCC2)nn1.CC(C)c1ccc(Cc2ccccc2Cl)nn1.CC(C)c1cnc(Cc2ccccc2)cn1.CC(C)c1cnc(Cc2ccccc2)cn1.COc1ccccc1Cc1ccc(C(C)C)nn1.COc1ccccc1Cc1cnc(C(C)C)cn1.COc1ccccc1Cc1cncc(C(C)C)n1.COc1ccccc1Nc1cnc(C(C)C)cn1. The summed E-state index contributed by atoms with van der Waals surface area (Å²) in [7, 11) is 6.71. The van der Waals surface area contributed by atoms with Gasteiger partial charge in [0.2, 0.25) is 0 Å². The number of halogens is 1. The summed E-state index contributed by atoms with van der Waals surface area (Å²) in [5.41, 5.74) is 23.3. The molecule has 16 rings (SSSR count). The fourth-order valence-electron chi connectivity index (χ4n) is 14.2. The number of aromatic nitrogens is 16. The van der Waals surface area contributed by atoms with Gasteiger partial charge in [-0.05, 0) is 149 Å². The van der Waals surface area contributed by atoms with Crippen molar-refractivity contribution in [1.82, 2.24) is 80.4 Å². The zero-order chi connectivity index (χ0) is 98.2. The predicted octanol–water partition coefficient (Wildman–Crippen LogP) is 26.9. The molecule has 0 atom stereocenters. The quantitative estimate of drug-likeness (QED) is 0.0478. The number of para-hydroxylation sites is 5.